The van der Waals surface area contributed by atoms with Gasteiger partial charge in [-0.05, 0) is 43.9 Å². The number of hydrogen-bond donors (Lipinski definition) is 3. The topological polar surface area (TPSA) is 105 Å². The second-order valence-electron chi connectivity index (χ2n) is 7.34. The van der Waals surface area contributed by atoms with Crippen LogP contribution in [0, 0.1) is 0 Å². The first-order chi connectivity index (χ1) is 13.0. The van der Waals surface area contributed by atoms with E-state index >= 15 is 0 Å². The molecule has 7 nitrogen and oxygen atoms in total. The van der Waals surface area contributed by atoms with Gasteiger partial charge in [-0.3, -0.25) is 0 Å². The van der Waals surface area contributed by atoms with Crippen LogP contribution >= 0.6 is 0 Å². The van der Waals surface area contributed by atoms with Gasteiger partial charge in [-0.15, -0.1) is 0 Å². The highest BCUT2D eigenvalue weighted by Gasteiger charge is 2.24. The minimum Gasteiger partial charge on any atom is -0.478 e. The highest BCUT2D eigenvalue weighted by molar-refractivity contribution is 7.89. The van der Waals surface area contributed by atoms with Crippen LogP contribution in [-0.2, 0) is 14.8 Å². The summed E-state index contributed by atoms with van der Waals surface area (Å²) in [6.07, 6.45) is 7.94. The molecular weight excluding hydrogens is 368 g/mol. The monoisotopic (exact) mass is 396 g/mol. The lowest BCUT2D eigenvalue weighted by atomic mass is 10.1. The summed E-state index contributed by atoms with van der Waals surface area (Å²) in [4.78, 5) is 11.6. The molecule has 0 spiro atoms. The molecule has 0 radical (unpaired) electrons. The van der Waals surface area contributed by atoms with Crippen molar-refractivity contribution < 1.29 is 23.1 Å². The number of nitrogens with one attached hydrogen (secondary N) is 2. The number of rotatable bonds is 7. The third-order valence-electron chi connectivity index (χ3n) is 5.25. The van der Waals surface area contributed by atoms with Gasteiger partial charge in [0.1, 0.15) is 0 Å². The fraction of sp³-hybridized carbons (Fsp3) is 0.632. The Morgan fingerprint density at radius 3 is 2.48 bits per heavy atom. The molecule has 1 unspecified atom stereocenters. The van der Waals surface area contributed by atoms with Crippen molar-refractivity contribution in [1.29, 1.82) is 0 Å². The Kier molecular flexibility index (Phi) is 6.73. The van der Waals surface area contributed by atoms with Crippen molar-refractivity contribution in [3.8, 4) is 0 Å². The van der Waals surface area contributed by atoms with Gasteiger partial charge in [-0.1, -0.05) is 25.7 Å². The SMILES string of the molecule is O=C(O)c1cc(S(=O)(=O)NC2CCCCCC2)ccc1NCC1CCCO1. The van der Waals surface area contributed by atoms with E-state index < -0.39 is 16.0 Å². The maximum absolute atomic E-state index is 12.7. The van der Waals surface area contributed by atoms with Gasteiger partial charge in [0.05, 0.1) is 16.6 Å². The molecule has 1 atom stereocenters. The van der Waals surface area contributed by atoms with Crippen LogP contribution in [-0.4, -0.2) is 44.8 Å². The van der Waals surface area contributed by atoms with Crippen molar-refractivity contribution in [2.24, 2.45) is 0 Å². The molecule has 1 heterocycles. The largest absolute Gasteiger partial charge is 0.478 e. The summed E-state index contributed by atoms with van der Waals surface area (Å²) in [6.45, 7) is 1.23. The van der Waals surface area contributed by atoms with E-state index in [0.717, 1.165) is 58.0 Å². The summed E-state index contributed by atoms with van der Waals surface area (Å²) in [7, 11) is -3.75. The van der Waals surface area contributed by atoms with E-state index in [2.05, 4.69) is 10.0 Å². The Morgan fingerprint density at radius 1 is 1.11 bits per heavy atom. The van der Waals surface area contributed by atoms with Crippen LogP contribution in [0.4, 0.5) is 5.69 Å². The molecule has 8 heteroatoms. The fourth-order valence-corrected chi connectivity index (χ4v) is 5.07. The van der Waals surface area contributed by atoms with Crippen molar-refractivity contribution in [2.75, 3.05) is 18.5 Å². The molecule has 0 bridgehead atoms. The molecule has 1 saturated heterocycles. The second-order valence-corrected chi connectivity index (χ2v) is 9.05. The Labute approximate surface area is 160 Å². The standard InChI is InChI=1S/C19H28N2O5S/c22-19(23)17-12-16(9-10-18(17)20-13-15-8-5-11-26-15)27(24,25)21-14-6-3-1-2-4-7-14/h9-10,12,14-15,20-21H,1-8,11,13H2,(H,22,23). The molecule has 1 aliphatic carbocycles. The molecular formula is C19H28N2O5S. The molecule has 3 N–H and O–H groups in total. The average molecular weight is 397 g/mol. The summed E-state index contributed by atoms with van der Waals surface area (Å²) >= 11 is 0. The van der Waals surface area contributed by atoms with Crippen molar-refractivity contribution in [2.45, 2.75) is 68.4 Å². The summed E-state index contributed by atoms with van der Waals surface area (Å²) in [5.74, 6) is -1.16. The van der Waals surface area contributed by atoms with Crippen molar-refractivity contribution in [3.63, 3.8) is 0 Å². The summed E-state index contributed by atoms with van der Waals surface area (Å²) in [6, 6.07) is 4.14. The summed E-state index contributed by atoms with van der Waals surface area (Å²) < 4.78 is 33.7. The third kappa shape index (κ3) is 5.43. The number of carbonyl (C=O) groups is 1. The van der Waals surface area contributed by atoms with E-state index in [-0.39, 0.29) is 22.6 Å². The zero-order chi connectivity index (χ0) is 19.3. The number of sulfonamides is 1. The molecule has 2 aliphatic rings. The van der Waals surface area contributed by atoms with E-state index in [1.807, 2.05) is 0 Å². The summed E-state index contributed by atoms with van der Waals surface area (Å²) in [5.41, 5.74) is 0.364. The van der Waals surface area contributed by atoms with Crippen LogP contribution in [0.5, 0.6) is 0 Å². The second kappa shape index (κ2) is 9.03. The van der Waals surface area contributed by atoms with E-state index in [0.29, 0.717) is 12.2 Å². The zero-order valence-electron chi connectivity index (χ0n) is 15.4. The minimum atomic E-state index is -3.75. The molecule has 1 aliphatic heterocycles. The minimum absolute atomic E-state index is 0.00758. The predicted octanol–water partition coefficient (Wildman–Crippen LogP) is 2.98. The van der Waals surface area contributed by atoms with Crippen LogP contribution < -0.4 is 10.0 Å². The van der Waals surface area contributed by atoms with Crippen LogP contribution in [0.3, 0.4) is 0 Å². The Hall–Kier alpha value is -1.64. The van der Waals surface area contributed by atoms with E-state index in [4.69, 9.17) is 4.74 Å². The number of benzene rings is 1. The first-order valence-corrected chi connectivity index (χ1v) is 11.2. The molecule has 1 saturated carbocycles. The molecule has 27 heavy (non-hydrogen) atoms. The molecule has 0 aromatic heterocycles. The van der Waals surface area contributed by atoms with Gasteiger partial charge in [-0.2, -0.15) is 0 Å². The molecule has 1 aromatic carbocycles. The molecule has 1 aromatic rings. The smallest absolute Gasteiger partial charge is 0.337 e. The molecule has 3 rings (SSSR count). The van der Waals surface area contributed by atoms with Crippen molar-refractivity contribution >= 4 is 21.7 Å². The lowest BCUT2D eigenvalue weighted by Crippen LogP contribution is -2.34. The highest BCUT2D eigenvalue weighted by atomic mass is 32.2. The number of aromatic carboxylic acids is 1. The number of anilines is 1. The molecule has 2 fully saturated rings. The predicted molar refractivity (Wildman–Crippen MR) is 103 cm³/mol. The Balaban J connectivity index is 1.74. The van der Waals surface area contributed by atoms with E-state index in [1.165, 1.54) is 18.2 Å². The van der Waals surface area contributed by atoms with E-state index in [9.17, 15) is 18.3 Å². The molecule has 0 amide bonds. The van der Waals surface area contributed by atoms with Gasteiger partial charge in [0, 0.05) is 24.9 Å². The number of carboxylic acids is 1. The lowest BCUT2D eigenvalue weighted by Gasteiger charge is -2.18. The Morgan fingerprint density at radius 2 is 1.85 bits per heavy atom. The fourth-order valence-electron chi connectivity index (χ4n) is 3.74. The highest BCUT2D eigenvalue weighted by Crippen LogP contribution is 2.24. The van der Waals surface area contributed by atoms with Gasteiger partial charge in [0.15, 0.2) is 0 Å². The maximum atomic E-state index is 12.7. The van der Waals surface area contributed by atoms with Crippen molar-refractivity contribution in [3.05, 3.63) is 23.8 Å². The summed E-state index contributed by atoms with van der Waals surface area (Å²) in [5, 5.41) is 12.6. The van der Waals surface area contributed by atoms with Crippen LogP contribution in [0.25, 0.3) is 0 Å². The van der Waals surface area contributed by atoms with Crippen LogP contribution in [0.15, 0.2) is 23.1 Å². The van der Waals surface area contributed by atoms with Gasteiger partial charge in [0.25, 0.3) is 0 Å². The molecule has 150 valence electrons. The van der Waals surface area contributed by atoms with Gasteiger partial charge in [0.2, 0.25) is 10.0 Å². The van der Waals surface area contributed by atoms with Gasteiger partial charge in [-0.25, -0.2) is 17.9 Å². The zero-order valence-corrected chi connectivity index (χ0v) is 16.3. The number of hydrogen-bond acceptors (Lipinski definition) is 5. The van der Waals surface area contributed by atoms with Gasteiger partial charge >= 0.3 is 5.97 Å². The normalized spacial score (nSPS) is 21.7. The van der Waals surface area contributed by atoms with Gasteiger partial charge < -0.3 is 15.2 Å². The van der Waals surface area contributed by atoms with Crippen LogP contribution in [0.1, 0.15) is 61.7 Å². The van der Waals surface area contributed by atoms with Crippen molar-refractivity contribution in [1.82, 2.24) is 4.72 Å². The lowest BCUT2D eigenvalue weighted by molar-refractivity contribution is 0.0697. The third-order valence-corrected chi connectivity index (χ3v) is 6.77. The maximum Gasteiger partial charge on any atom is 0.337 e. The van der Waals surface area contributed by atoms with E-state index in [1.54, 1.807) is 0 Å². The first kappa shape index (κ1) is 20.1. The quantitative estimate of drug-likeness (QED) is 0.612. The number of ether oxygens (including phenoxy) is 1. The first-order valence-electron chi connectivity index (χ1n) is 9.71. The van der Waals surface area contributed by atoms with Crippen LogP contribution in [0.2, 0.25) is 0 Å². The average Bonchev–Trinajstić information content (AvgIpc) is 3.03. The number of carboxylic acid groups (broad SMARTS) is 1. The Bertz CT molecular complexity index is 751.